The number of anilines is 1. The van der Waals surface area contributed by atoms with Crippen LogP contribution < -0.4 is 10.9 Å². The standard InChI is InChI=1S/C24H20N4O6S/c1-3-27-23(30)17-11-6-5-10-16(17)20(26-27)22(29)25-18-13-19(35-21(18)24(31)34-4-2)14-8-7-9-15(12-14)28(32)33/h5-13H,3-4H2,1-2H3,(H,25,29). The topological polar surface area (TPSA) is 133 Å². The average Bonchev–Trinajstić information content (AvgIpc) is 3.28. The molecule has 1 N–H and O–H groups in total. The van der Waals surface area contributed by atoms with Crippen LogP contribution in [0, 0.1) is 10.1 Å². The van der Waals surface area contributed by atoms with E-state index in [0.717, 1.165) is 11.3 Å². The van der Waals surface area contributed by atoms with Crippen LogP contribution in [0.2, 0.25) is 0 Å². The lowest BCUT2D eigenvalue weighted by Gasteiger charge is -2.10. The van der Waals surface area contributed by atoms with Gasteiger partial charge in [-0.25, -0.2) is 9.48 Å². The Balaban J connectivity index is 1.79. The summed E-state index contributed by atoms with van der Waals surface area (Å²) in [7, 11) is 0. The van der Waals surface area contributed by atoms with Gasteiger partial charge in [-0.05, 0) is 31.5 Å². The maximum Gasteiger partial charge on any atom is 0.350 e. The van der Waals surface area contributed by atoms with Crippen molar-refractivity contribution < 1.29 is 19.2 Å². The largest absolute Gasteiger partial charge is 0.462 e. The molecule has 2 aromatic heterocycles. The summed E-state index contributed by atoms with van der Waals surface area (Å²) < 4.78 is 6.34. The molecule has 10 nitrogen and oxygen atoms in total. The van der Waals surface area contributed by atoms with Crippen molar-refractivity contribution in [3.63, 3.8) is 0 Å². The molecule has 0 saturated heterocycles. The Labute approximate surface area is 202 Å². The van der Waals surface area contributed by atoms with Gasteiger partial charge >= 0.3 is 5.97 Å². The van der Waals surface area contributed by atoms with Crippen molar-refractivity contribution >= 4 is 45.4 Å². The maximum atomic E-state index is 13.3. The van der Waals surface area contributed by atoms with E-state index in [-0.39, 0.29) is 40.7 Å². The van der Waals surface area contributed by atoms with Gasteiger partial charge in [0.25, 0.3) is 17.2 Å². The lowest BCUT2D eigenvalue weighted by atomic mass is 10.1. The van der Waals surface area contributed by atoms with Crippen LogP contribution in [0.25, 0.3) is 21.2 Å². The normalized spacial score (nSPS) is 10.8. The first-order chi connectivity index (χ1) is 16.8. The summed E-state index contributed by atoms with van der Waals surface area (Å²) in [4.78, 5) is 49.9. The third-order valence-electron chi connectivity index (χ3n) is 5.16. The average molecular weight is 493 g/mol. The Morgan fingerprint density at radius 1 is 1.11 bits per heavy atom. The lowest BCUT2D eigenvalue weighted by Crippen LogP contribution is -2.27. The molecule has 4 aromatic rings. The first kappa shape index (κ1) is 23.8. The van der Waals surface area contributed by atoms with E-state index >= 15 is 0 Å². The van der Waals surface area contributed by atoms with E-state index < -0.39 is 16.8 Å². The summed E-state index contributed by atoms with van der Waals surface area (Å²) >= 11 is 1.04. The molecule has 0 spiro atoms. The Morgan fingerprint density at radius 3 is 2.54 bits per heavy atom. The number of aryl methyl sites for hydroxylation is 1. The second kappa shape index (κ2) is 9.85. The first-order valence-corrected chi connectivity index (χ1v) is 11.5. The molecule has 11 heteroatoms. The fourth-order valence-corrected chi connectivity index (χ4v) is 4.55. The number of esters is 1. The lowest BCUT2D eigenvalue weighted by molar-refractivity contribution is -0.384. The highest BCUT2D eigenvalue weighted by Crippen LogP contribution is 2.37. The minimum atomic E-state index is -0.638. The Kier molecular flexibility index (Phi) is 6.69. The molecule has 0 fully saturated rings. The van der Waals surface area contributed by atoms with Gasteiger partial charge in [-0.1, -0.05) is 30.3 Å². The summed E-state index contributed by atoms with van der Waals surface area (Å²) in [5.41, 5.74) is 0.311. The molecule has 0 aliphatic carbocycles. The number of hydrogen-bond donors (Lipinski definition) is 1. The molecule has 0 unspecified atom stereocenters. The van der Waals surface area contributed by atoms with Gasteiger partial charge in [-0.2, -0.15) is 5.10 Å². The highest BCUT2D eigenvalue weighted by atomic mass is 32.1. The summed E-state index contributed by atoms with van der Waals surface area (Å²) in [5.74, 6) is -1.25. The molecule has 2 heterocycles. The number of nitrogens with one attached hydrogen (secondary N) is 1. The van der Waals surface area contributed by atoms with Gasteiger partial charge in [0.15, 0.2) is 5.69 Å². The SMILES string of the molecule is CCOC(=O)c1sc(-c2cccc([N+](=O)[O-])c2)cc1NC(=O)c1nn(CC)c(=O)c2ccccc12. The van der Waals surface area contributed by atoms with Crippen molar-refractivity contribution in [2.24, 2.45) is 0 Å². The van der Waals surface area contributed by atoms with Crippen LogP contribution in [-0.4, -0.2) is 33.2 Å². The number of nitro benzene ring substituents is 1. The van der Waals surface area contributed by atoms with Gasteiger partial charge in [0, 0.05) is 28.9 Å². The fourth-order valence-electron chi connectivity index (χ4n) is 3.55. The molecular weight excluding hydrogens is 472 g/mol. The van der Waals surface area contributed by atoms with E-state index in [2.05, 4.69) is 10.4 Å². The quantitative estimate of drug-likeness (QED) is 0.228. The van der Waals surface area contributed by atoms with E-state index in [1.807, 2.05) is 0 Å². The molecule has 4 rings (SSSR count). The Bertz CT molecular complexity index is 1520. The number of ether oxygens (including phenoxy) is 1. The number of thiophene rings is 1. The number of carbonyl (C=O) groups excluding carboxylic acids is 2. The Morgan fingerprint density at radius 2 is 1.86 bits per heavy atom. The van der Waals surface area contributed by atoms with E-state index in [9.17, 15) is 24.5 Å². The summed E-state index contributed by atoms with van der Waals surface area (Å²) in [6.45, 7) is 3.81. The highest BCUT2D eigenvalue weighted by Gasteiger charge is 2.23. The minimum Gasteiger partial charge on any atom is -0.462 e. The van der Waals surface area contributed by atoms with Gasteiger partial charge in [0.05, 0.1) is 22.6 Å². The fraction of sp³-hybridized carbons (Fsp3) is 0.167. The molecule has 0 saturated carbocycles. The number of rotatable bonds is 7. The third kappa shape index (κ3) is 4.66. The highest BCUT2D eigenvalue weighted by molar-refractivity contribution is 7.18. The molecule has 0 aliphatic rings. The summed E-state index contributed by atoms with van der Waals surface area (Å²) in [6.07, 6.45) is 0. The van der Waals surface area contributed by atoms with Gasteiger partial charge in [0.1, 0.15) is 4.88 Å². The van der Waals surface area contributed by atoms with Crippen LogP contribution in [0.1, 0.15) is 34.0 Å². The van der Waals surface area contributed by atoms with E-state index in [1.165, 1.54) is 16.8 Å². The van der Waals surface area contributed by atoms with Crippen LogP contribution in [-0.2, 0) is 11.3 Å². The molecular formula is C24H20N4O6S. The van der Waals surface area contributed by atoms with Gasteiger partial charge in [0.2, 0.25) is 0 Å². The van der Waals surface area contributed by atoms with Crippen molar-refractivity contribution in [2.75, 3.05) is 11.9 Å². The zero-order valence-corrected chi connectivity index (χ0v) is 19.6. The number of benzene rings is 2. The first-order valence-electron chi connectivity index (χ1n) is 10.7. The molecule has 0 aliphatic heterocycles. The maximum absolute atomic E-state index is 13.3. The number of nitro groups is 1. The number of nitrogens with zero attached hydrogens (tertiary/aromatic N) is 3. The number of non-ortho nitro benzene ring substituents is 1. The van der Waals surface area contributed by atoms with E-state index in [0.29, 0.717) is 21.2 Å². The number of hydrogen-bond acceptors (Lipinski definition) is 8. The van der Waals surface area contributed by atoms with E-state index in [1.54, 1.807) is 56.3 Å². The van der Waals surface area contributed by atoms with Crippen molar-refractivity contribution in [1.82, 2.24) is 9.78 Å². The summed E-state index contributed by atoms with van der Waals surface area (Å²) in [5, 5.41) is 18.9. The van der Waals surface area contributed by atoms with Crippen LogP contribution in [0.15, 0.2) is 59.4 Å². The van der Waals surface area contributed by atoms with Crippen molar-refractivity contribution in [2.45, 2.75) is 20.4 Å². The van der Waals surface area contributed by atoms with Crippen LogP contribution in [0.3, 0.4) is 0 Å². The predicted molar refractivity (Wildman–Crippen MR) is 132 cm³/mol. The van der Waals surface area contributed by atoms with E-state index in [4.69, 9.17) is 4.74 Å². The summed E-state index contributed by atoms with van der Waals surface area (Å²) in [6, 6.07) is 14.2. The van der Waals surface area contributed by atoms with Gasteiger partial charge < -0.3 is 10.1 Å². The molecule has 35 heavy (non-hydrogen) atoms. The Hall–Kier alpha value is -4.38. The van der Waals surface area contributed by atoms with Crippen molar-refractivity contribution in [1.29, 1.82) is 0 Å². The number of amides is 1. The van der Waals surface area contributed by atoms with Crippen LogP contribution >= 0.6 is 11.3 Å². The molecule has 178 valence electrons. The second-order valence-corrected chi connectivity index (χ2v) is 8.40. The zero-order valence-electron chi connectivity index (χ0n) is 18.8. The second-order valence-electron chi connectivity index (χ2n) is 7.35. The molecule has 0 atom stereocenters. The number of aromatic nitrogens is 2. The molecule has 2 aromatic carbocycles. The van der Waals surface area contributed by atoms with Gasteiger partial charge in [-0.15, -0.1) is 11.3 Å². The third-order valence-corrected chi connectivity index (χ3v) is 6.33. The monoisotopic (exact) mass is 492 g/mol. The van der Waals surface area contributed by atoms with Crippen molar-refractivity contribution in [3.05, 3.63) is 85.6 Å². The molecule has 0 bridgehead atoms. The van der Waals surface area contributed by atoms with Crippen LogP contribution in [0.5, 0.6) is 0 Å². The minimum absolute atomic E-state index is 0.0277. The predicted octanol–water partition coefficient (Wildman–Crippen LogP) is 4.48. The zero-order chi connectivity index (χ0) is 25.1. The number of carbonyl (C=O) groups is 2. The van der Waals surface area contributed by atoms with Gasteiger partial charge in [-0.3, -0.25) is 19.7 Å². The van der Waals surface area contributed by atoms with Crippen molar-refractivity contribution in [3.8, 4) is 10.4 Å². The smallest absolute Gasteiger partial charge is 0.350 e. The number of fused-ring (bicyclic) bond motifs is 1. The molecule has 1 amide bonds. The molecule has 0 radical (unpaired) electrons. The van der Waals surface area contributed by atoms with Crippen LogP contribution in [0.4, 0.5) is 11.4 Å².